The van der Waals surface area contributed by atoms with Crippen LogP contribution in [-0.2, 0) is 21.5 Å². The van der Waals surface area contributed by atoms with Crippen LogP contribution in [0.1, 0.15) is 74.9 Å². The lowest BCUT2D eigenvalue weighted by molar-refractivity contribution is -0.122. The number of nitrogens with zero attached hydrogens (tertiary/aromatic N) is 3. The molecular formula is C22H26N4O4S. The summed E-state index contributed by atoms with van der Waals surface area (Å²) in [7, 11) is 0. The fourth-order valence-corrected chi connectivity index (χ4v) is 5.10. The minimum Gasteiger partial charge on any atom is -0.444 e. The molecule has 1 saturated carbocycles. The summed E-state index contributed by atoms with van der Waals surface area (Å²) in [6.45, 7) is 0.718. The molecule has 3 aromatic heterocycles. The van der Waals surface area contributed by atoms with Crippen LogP contribution in [0.4, 0.5) is 0 Å². The molecule has 164 valence electrons. The lowest BCUT2D eigenvalue weighted by Gasteiger charge is -2.30. The minimum absolute atomic E-state index is 0.114. The third-order valence-corrected chi connectivity index (χ3v) is 6.89. The first-order valence-corrected chi connectivity index (χ1v) is 11.8. The quantitative estimate of drug-likeness (QED) is 0.559. The molecule has 0 aromatic carbocycles. The van der Waals surface area contributed by atoms with Crippen molar-refractivity contribution in [1.82, 2.24) is 20.4 Å². The van der Waals surface area contributed by atoms with Crippen molar-refractivity contribution in [3.05, 3.63) is 41.2 Å². The van der Waals surface area contributed by atoms with Crippen LogP contribution in [0.2, 0.25) is 0 Å². The van der Waals surface area contributed by atoms with Gasteiger partial charge in [0.15, 0.2) is 5.82 Å². The number of ether oxygens (including phenoxy) is 1. The second kappa shape index (κ2) is 8.92. The molecule has 1 atom stereocenters. The van der Waals surface area contributed by atoms with Gasteiger partial charge in [-0.1, -0.05) is 36.9 Å². The number of nitrogens with one attached hydrogen (secondary N) is 1. The third-order valence-electron chi connectivity index (χ3n) is 6.04. The van der Waals surface area contributed by atoms with Crippen LogP contribution in [0.3, 0.4) is 0 Å². The van der Waals surface area contributed by atoms with Gasteiger partial charge in [0.25, 0.3) is 5.89 Å². The van der Waals surface area contributed by atoms with Crippen LogP contribution in [-0.4, -0.2) is 27.6 Å². The smallest absolute Gasteiger partial charge is 0.255 e. The summed E-state index contributed by atoms with van der Waals surface area (Å²) in [6.07, 6.45) is 9.34. The number of rotatable bonds is 6. The number of hydrogen-bond acceptors (Lipinski definition) is 8. The fraction of sp³-hybridized carbons (Fsp3) is 0.545. The molecule has 0 bridgehead atoms. The number of aromatic nitrogens is 3. The van der Waals surface area contributed by atoms with Gasteiger partial charge in [-0.2, -0.15) is 4.98 Å². The van der Waals surface area contributed by atoms with E-state index in [0.717, 1.165) is 62.9 Å². The van der Waals surface area contributed by atoms with E-state index >= 15 is 0 Å². The van der Waals surface area contributed by atoms with Crippen molar-refractivity contribution in [3.63, 3.8) is 0 Å². The van der Waals surface area contributed by atoms with E-state index in [0.29, 0.717) is 23.3 Å². The van der Waals surface area contributed by atoms with Crippen LogP contribution < -0.4 is 5.32 Å². The van der Waals surface area contributed by atoms with Gasteiger partial charge in [-0.25, -0.2) is 4.98 Å². The molecule has 1 amide bonds. The Morgan fingerprint density at radius 1 is 1.19 bits per heavy atom. The van der Waals surface area contributed by atoms with Gasteiger partial charge in [0, 0.05) is 6.61 Å². The predicted octanol–water partition coefficient (Wildman–Crippen LogP) is 4.55. The maximum atomic E-state index is 13.0. The summed E-state index contributed by atoms with van der Waals surface area (Å²) in [5.74, 6) is 1.51. The van der Waals surface area contributed by atoms with Crippen molar-refractivity contribution in [3.8, 4) is 10.8 Å². The molecule has 3 aromatic rings. The SMILES string of the molecule is O=C(Cc1coc(-c2cccs2)n1)NC1(c2noc([C@@H]3CCCO3)n2)CCCCCC1. The normalized spacial score (nSPS) is 21.1. The molecule has 31 heavy (non-hydrogen) atoms. The molecule has 0 spiro atoms. The standard InChI is InChI=1S/C22H26N4O4S/c27-18(13-15-14-29-20(23-15)17-8-6-12-31-17)25-22(9-3-1-2-4-10-22)21-24-19(30-26-21)16-7-5-11-28-16/h6,8,12,14,16H,1-5,7,9-11,13H2,(H,25,27)/t16-/m0/s1. The van der Waals surface area contributed by atoms with Crippen LogP contribution >= 0.6 is 11.3 Å². The molecule has 1 aliphatic carbocycles. The van der Waals surface area contributed by atoms with E-state index in [1.807, 2.05) is 17.5 Å². The second-order valence-corrected chi connectivity index (χ2v) is 9.25. The highest BCUT2D eigenvalue weighted by Gasteiger charge is 2.40. The summed E-state index contributed by atoms with van der Waals surface area (Å²) < 4.78 is 16.8. The van der Waals surface area contributed by atoms with Crippen molar-refractivity contribution in [2.24, 2.45) is 0 Å². The number of oxazole rings is 1. The summed E-state index contributed by atoms with van der Waals surface area (Å²) in [6, 6.07) is 3.89. The van der Waals surface area contributed by atoms with Crippen LogP contribution in [0, 0.1) is 0 Å². The van der Waals surface area contributed by atoms with E-state index < -0.39 is 5.54 Å². The maximum Gasteiger partial charge on any atom is 0.255 e. The van der Waals surface area contributed by atoms with Crippen LogP contribution in [0.5, 0.6) is 0 Å². The second-order valence-electron chi connectivity index (χ2n) is 8.30. The fourth-order valence-electron chi connectivity index (χ4n) is 4.45. The average Bonchev–Trinajstić information content (AvgIpc) is 3.55. The number of hydrogen-bond donors (Lipinski definition) is 1. The Morgan fingerprint density at radius 2 is 2.06 bits per heavy atom. The molecular weight excluding hydrogens is 416 g/mol. The highest BCUT2D eigenvalue weighted by Crippen LogP contribution is 2.36. The van der Waals surface area contributed by atoms with Crippen LogP contribution in [0.25, 0.3) is 10.8 Å². The van der Waals surface area contributed by atoms with Gasteiger partial charge >= 0.3 is 0 Å². The Balaban J connectivity index is 1.33. The molecule has 0 radical (unpaired) electrons. The molecule has 1 N–H and O–H groups in total. The molecule has 4 heterocycles. The van der Waals surface area contributed by atoms with Gasteiger partial charge in [-0.05, 0) is 37.1 Å². The van der Waals surface area contributed by atoms with Gasteiger partial charge in [0.1, 0.15) is 17.9 Å². The van der Waals surface area contributed by atoms with E-state index in [4.69, 9.17) is 13.7 Å². The summed E-state index contributed by atoms with van der Waals surface area (Å²) in [5.41, 5.74) is -0.00771. The Bertz CT molecular complexity index is 999. The first kappa shape index (κ1) is 20.4. The molecule has 5 rings (SSSR count). The minimum atomic E-state index is -0.617. The van der Waals surface area contributed by atoms with E-state index in [2.05, 4.69) is 20.4 Å². The zero-order chi connectivity index (χ0) is 21.1. The van der Waals surface area contributed by atoms with E-state index in [9.17, 15) is 4.79 Å². The first-order valence-electron chi connectivity index (χ1n) is 11.0. The lowest BCUT2D eigenvalue weighted by Crippen LogP contribution is -2.47. The number of amides is 1. The summed E-state index contributed by atoms with van der Waals surface area (Å²) in [4.78, 5) is 23.1. The van der Waals surface area contributed by atoms with Crippen molar-refractivity contribution in [2.75, 3.05) is 6.61 Å². The monoisotopic (exact) mass is 442 g/mol. The van der Waals surface area contributed by atoms with Gasteiger partial charge in [-0.15, -0.1) is 11.3 Å². The molecule has 8 nitrogen and oxygen atoms in total. The van der Waals surface area contributed by atoms with Crippen molar-refractivity contribution in [2.45, 2.75) is 69.4 Å². The molecule has 9 heteroatoms. The van der Waals surface area contributed by atoms with E-state index in [1.54, 1.807) is 17.6 Å². The molecule has 0 unspecified atom stereocenters. The number of thiophene rings is 1. The Hall–Kier alpha value is -2.52. The maximum absolute atomic E-state index is 13.0. The van der Waals surface area contributed by atoms with Gasteiger partial charge in [0.05, 0.1) is 17.0 Å². The lowest BCUT2D eigenvalue weighted by atomic mass is 9.89. The van der Waals surface area contributed by atoms with Gasteiger partial charge < -0.3 is 19.0 Å². The number of carbonyl (C=O) groups is 1. The zero-order valence-corrected chi connectivity index (χ0v) is 18.2. The summed E-state index contributed by atoms with van der Waals surface area (Å²) >= 11 is 1.55. The van der Waals surface area contributed by atoms with Crippen LogP contribution in [0.15, 0.2) is 32.7 Å². The molecule has 1 saturated heterocycles. The zero-order valence-electron chi connectivity index (χ0n) is 17.3. The molecule has 2 fully saturated rings. The topological polar surface area (TPSA) is 103 Å². The van der Waals surface area contributed by atoms with Crippen molar-refractivity contribution < 1.29 is 18.5 Å². The van der Waals surface area contributed by atoms with Crippen molar-refractivity contribution in [1.29, 1.82) is 0 Å². The van der Waals surface area contributed by atoms with Gasteiger partial charge in [-0.3, -0.25) is 4.79 Å². The Morgan fingerprint density at radius 3 is 2.81 bits per heavy atom. The third kappa shape index (κ3) is 4.43. The first-order chi connectivity index (χ1) is 15.2. The Labute approximate surface area is 184 Å². The molecule has 2 aliphatic rings. The van der Waals surface area contributed by atoms with Gasteiger partial charge in [0.2, 0.25) is 11.8 Å². The summed E-state index contributed by atoms with van der Waals surface area (Å²) in [5, 5.41) is 9.49. The highest BCUT2D eigenvalue weighted by atomic mass is 32.1. The van der Waals surface area contributed by atoms with Crippen molar-refractivity contribution >= 4 is 17.2 Å². The van der Waals surface area contributed by atoms with E-state index in [1.165, 1.54) is 0 Å². The largest absolute Gasteiger partial charge is 0.444 e. The highest BCUT2D eigenvalue weighted by molar-refractivity contribution is 7.13. The Kier molecular flexibility index (Phi) is 5.87. The number of carbonyl (C=O) groups excluding carboxylic acids is 1. The molecule has 1 aliphatic heterocycles. The van der Waals surface area contributed by atoms with E-state index in [-0.39, 0.29) is 18.4 Å². The predicted molar refractivity (Wildman–Crippen MR) is 113 cm³/mol. The average molecular weight is 443 g/mol.